The molecule has 2 atom stereocenters. The molecule has 22 heavy (non-hydrogen) atoms. The number of anilines is 1. The molecular formula is C16H19FN2O2S. The number of halogens is 1. The molecule has 2 aromatic rings. The van der Waals surface area contributed by atoms with Gasteiger partial charge in [-0.05, 0) is 18.1 Å². The van der Waals surface area contributed by atoms with Gasteiger partial charge in [0.05, 0.1) is 12.6 Å². The van der Waals surface area contributed by atoms with Crippen molar-refractivity contribution >= 4 is 27.4 Å². The number of hydrogen-bond acceptors (Lipinski definition) is 4. The molecule has 2 heterocycles. The largest absolute Gasteiger partial charge is 0.494 e. The first-order chi connectivity index (χ1) is 10.6. The highest BCUT2D eigenvalue weighted by atomic mass is 32.2. The van der Waals surface area contributed by atoms with Gasteiger partial charge in [0.2, 0.25) is 0 Å². The predicted molar refractivity (Wildman–Crippen MR) is 87.5 cm³/mol. The molecule has 4 nitrogen and oxygen atoms in total. The predicted octanol–water partition coefficient (Wildman–Crippen LogP) is 2.59. The lowest BCUT2D eigenvalue weighted by Crippen LogP contribution is -2.29. The van der Waals surface area contributed by atoms with Crippen LogP contribution in [-0.2, 0) is 10.8 Å². The van der Waals surface area contributed by atoms with Crippen molar-refractivity contribution in [2.45, 2.75) is 6.92 Å². The molecule has 1 aromatic carbocycles. The number of benzene rings is 1. The fourth-order valence-corrected chi connectivity index (χ4v) is 4.25. The summed E-state index contributed by atoms with van der Waals surface area (Å²) in [6.07, 6.45) is 1.69. The molecule has 0 aliphatic carbocycles. The lowest BCUT2D eigenvalue weighted by molar-refractivity contribution is 0.387. The summed E-state index contributed by atoms with van der Waals surface area (Å²) in [4.78, 5) is 6.47. The molecule has 0 radical (unpaired) electrons. The summed E-state index contributed by atoms with van der Waals surface area (Å²) in [6.45, 7) is 3.68. The van der Waals surface area contributed by atoms with Crippen LogP contribution in [0, 0.1) is 11.7 Å². The van der Waals surface area contributed by atoms with Crippen LogP contribution in [-0.4, -0.2) is 40.9 Å². The quantitative estimate of drug-likeness (QED) is 0.852. The Morgan fingerprint density at radius 3 is 3.05 bits per heavy atom. The Balaban J connectivity index is 2.07. The van der Waals surface area contributed by atoms with Crippen LogP contribution in [0.5, 0.6) is 5.75 Å². The van der Waals surface area contributed by atoms with Crippen LogP contribution in [0.3, 0.4) is 0 Å². The Morgan fingerprint density at radius 1 is 1.45 bits per heavy atom. The van der Waals surface area contributed by atoms with Crippen LogP contribution >= 0.6 is 0 Å². The van der Waals surface area contributed by atoms with E-state index in [0.717, 1.165) is 29.9 Å². The maximum absolute atomic E-state index is 13.9. The number of nitrogens with zero attached hydrogens (tertiary/aromatic N) is 2. The van der Waals surface area contributed by atoms with E-state index in [1.165, 1.54) is 13.2 Å². The van der Waals surface area contributed by atoms with Crippen molar-refractivity contribution < 1.29 is 13.3 Å². The summed E-state index contributed by atoms with van der Waals surface area (Å²) in [5.41, 5.74) is 1.60. The maximum atomic E-state index is 13.9. The van der Waals surface area contributed by atoms with E-state index in [2.05, 4.69) is 16.8 Å². The molecular weight excluding hydrogens is 303 g/mol. The van der Waals surface area contributed by atoms with Crippen molar-refractivity contribution in [3.8, 4) is 5.75 Å². The molecule has 0 spiro atoms. The second-order valence-corrected chi connectivity index (χ2v) is 7.32. The van der Waals surface area contributed by atoms with Crippen molar-refractivity contribution in [1.82, 2.24) is 4.98 Å². The number of methoxy groups -OCH3 is 1. The van der Waals surface area contributed by atoms with Gasteiger partial charge in [0.25, 0.3) is 0 Å². The van der Waals surface area contributed by atoms with Crippen molar-refractivity contribution in [3.63, 3.8) is 0 Å². The zero-order valence-electron chi connectivity index (χ0n) is 12.7. The zero-order chi connectivity index (χ0) is 15.7. The van der Waals surface area contributed by atoms with Gasteiger partial charge in [-0.3, -0.25) is 9.19 Å². The third kappa shape index (κ3) is 2.92. The molecule has 0 saturated carbocycles. The molecule has 6 heteroatoms. The lowest BCUT2D eigenvalue weighted by atomic mass is 10.1. The average Bonchev–Trinajstić information content (AvgIpc) is 2.66. The summed E-state index contributed by atoms with van der Waals surface area (Å²) in [5, 5.41) is 0.862. The third-order valence-electron chi connectivity index (χ3n) is 3.92. The van der Waals surface area contributed by atoms with Gasteiger partial charge >= 0.3 is 0 Å². The summed E-state index contributed by atoms with van der Waals surface area (Å²) < 4.78 is 30.8. The highest BCUT2D eigenvalue weighted by Gasteiger charge is 2.21. The Morgan fingerprint density at radius 2 is 2.27 bits per heavy atom. The van der Waals surface area contributed by atoms with Gasteiger partial charge in [0, 0.05) is 58.7 Å². The molecule has 1 aromatic heterocycles. The van der Waals surface area contributed by atoms with Gasteiger partial charge in [-0.25, -0.2) is 4.39 Å². The molecule has 1 aliphatic rings. The van der Waals surface area contributed by atoms with Gasteiger partial charge in [0.1, 0.15) is 0 Å². The van der Waals surface area contributed by atoms with E-state index < -0.39 is 16.6 Å². The van der Waals surface area contributed by atoms with E-state index in [4.69, 9.17) is 4.74 Å². The fourth-order valence-electron chi connectivity index (χ4n) is 2.92. The molecule has 0 bridgehead atoms. The summed E-state index contributed by atoms with van der Waals surface area (Å²) in [5.74, 6) is 1.55. The SMILES string of the molecule is COc1cc2c(N3CC[S@](=O)C[C@H](C)C3)ccnc2cc1F. The molecule has 0 N–H and O–H groups in total. The highest BCUT2D eigenvalue weighted by molar-refractivity contribution is 7.85. The van der Waals surface area contributed by atoms with Gasteiger partial charge in [0.15, 0.2) is 11.6 Å². The Labute approximate surface area is 131 Å². The van der Waals surface area contributed by atoms with E-state index in [-0.39, 0.29) is 5.75 Å². The van der Waals surface area contributed by atoms with Crippen LogP contribution in [0.15, 0.2) is 24.4 Å². The minimum atomic E-state index is -0.767. The monoisotopic (exact) mass is 322 g/mol. The van der Waals surface area contributed by atoms with Crippen molar-refractivity contribution in [3.05, 3.63) is 30.2 Å². The van der Waals surface area contributed by atoms with Crippen molar-refractivity contribution in [2.75, 3.05) is 36.6 Å². The standard InChI is InChI=1S/C16H19FN2O2S/c1-11-9-19(5-6-22(20)10-11)15-3-4-18-14-8-13(17)16(21-2)7-12(14)15/h3-4,7-8,11H,5-6,9-10H2,1-2H3/t11-,22+/m1/s1. The number of fused-ring (bicyclic) bond motifs is 1. The smallest absolute Gasteiger partial charge is 0.167 e. The molecule has 118 valence electrons. The van der Waals surface area contributed by atoms with Crippen LogP contribution in [0.1, 0.15) is 6.92 Å². The zero-order valence-corrected chi connectivity index (χ0v) is 13.5. The van der Waals surface area contributed by atoms with Crippen molar-refractivity contribution in [2.24, 2.45) is 5.92 Å². The van der Waals surface area contributed by atoms with E-state index >= 15 is 0 Å². The van der Waals surface area contributed by atoms with E-state index in [1.807, 2.05) is 6.07 Å². The average molecular weight is 322 g/mol. The number of rotatable bonds is 2. The number of pyridine rings is 1. The highest BCUT2D eigenvalue weighted by Crippen LogP contribution is 2.31. The number of hydrogen-bond donors (Lipinski definition) is 0. The summed E-state index contributed by atoms with van der Waals surface area (Å²) in [7, 11) is 0.688. The Bertz CT molecular complexity index is 723. The van der Waals surface area contributed by atoms with Gasteiger partial charge in [-0.15, -0.1) is 0 Å². The summed E-state index contributed by atoms with van der Waals surface area (Å²) in [6, 6.07) is 5.03. The fraction of sp³-hybridized carbons (Fsp3) is 0.438. The second-order valence-electron chi connectivity index (χ2n) is 5.70. The summed E-state index contributed by atoms with van der Waals surface area (Å²) >= 11 is 0. The topological polar surface area (TPSA) is 42.4 Å². The maximum Gasteiger partial charge on any atom is 0.167 e. The Kier molecular flexibility index (Phi) is 4.29. The van der Waals surface area contributed by atoms with E-state index in [0.29, 0.717) is 17.2 Å². The molecule has 3 rings (SSSR count). The van der Waals surface area contributed by atoms with E-state index in [9.17, 15) is 8.60 Å². The lowest BCUT2D eigenvalue weighted by Gasteiger charge is -2.25. The second kappa shape index (κ2) is 6.20. The number of aromatic nitrogens is 1. The molecule has 0 amide bonds. The van der Waals surface area contributed by atoms with Gasteiger partial charge in [-0.1, -0.05) is 6.92 Å². The molecule has 0 unspecified atom stereocenters. The third-order valence-corrected chi connectivity index (χ3v) is 5.50. The van der Waals surface area contributed by atoms with Crippen LogP contribution in [0.2, 0.25) is 0 Å². The molecule has 1 saturated heterocycles. The van der Waals surface area contributed by atoms with Crippen LogP contribution in [0.4, 0.5) is 10.1 Å². The van der Waals surface area contributed by atoms with Crippen LogP contribution < -0.4 is 9.64 Å². The first-order valence-electron chi connectivity index (χ1n) is 7.30. The van der Waals surface area contributed by atoms with Crippen molar-refractivity contribution in [1.29, 1.82) is 0 Å². The normalized spacial score (nSPS) is 22.6. The Hall–Kier alpha value is -1.69. The van der Waals surface area contributed by atoms with E-state index in [1.54, 1.807) is 12.3 Å². The van der Waals surface area contributed by atoms with Gasteiger partial charge < -0.3 is 9.64 Å². The van der Waals surface area contributed by atoms with Crippen LogP contribution in [0.25, 0.3) is 10.9 Å². The number of ether oxygens (including phenoxy) is 1. The first-order valence-corrected chi connectivity index (χ1v) is 8.79. The van der Waals surface area contributed by atoms with Gasteiger partial charge in [-0.2, -0.15) is 0 Å². The molecule has 1 aliphatic heterocycles. The minimum Gasteiger partial charge on any atom is -0.494 e. The first kappa shape index (κ1) is 15.2. The minimum absolute atomic E-state index is 0.216. The molecule has 1 fully saturated rings.